The SMILES string of the molecule is CCOC(=O)C(CCO)C(Cl)Cl. The molecule has 1 N–H and O–H groups in total. The molecule has 0 aromatic rings. The standard InChI is InChI=1S/C7H12Cl2O3/c1-2-12-7(11)5(3-4-10)6(8)9/h5-6,10H,2-4H2,1H3. The van der Waals surface area contributed by atoms with Crippen LogP contribution in [0.3, 0.4) is 0 Å². The third-order valence-corrected chi connectivity index (χ3v) is 1.94. The molecular formula is C7H12Cl2O3. The van der Waals surface area contributed by atoms with Crippen molar-refractivity contribution in [3.05, 3.63) is 0 Å². The zero-order chi connectivity index (χ0) is 9.56. The molecule has 72 valence electrons. The molecule has 5 heteroatoms. The predicted octanol–water partition coefficient (Wildman–Crippen LogP) is 1.35. The molecule has 1 unspecified atom stereocenters. The molecule has 0 aliphatic heterocycles. The van der Waals surface area contributed by atoms with Gasteiger partial charge in [0.15, 0.2) is 0 Å². The van der Waals surface area contributed by atoms with Crippen molar-refractivity contribution in [1.29, 1.82) is 0 Å². The van der Waals surface area contributed by atoms with Crippen LogP contribution in [0.5, 0.6) is 0 Å². The van der Waals surface area contributed by atoms with Crippen LogP contribution in [0.25, 0.3) is 0 Å². The van der Waals surface area contributed by atoms with Crippen molar-refractivity contribution in [3.63, 3.8) is 0 Å². The second kappa shape index (κ2) is 6.52. The van der Waals surface area contributed by atoms with E-state index in [2.05, 4.69) is 0 Å². The summed E-state index contributed by atoms with van der Waals surface area (Å²) in [6.45, 7) is 1.87. The smallest absolute Gasteiger partial charge is 0.311 e. The molecule has 3 nitrogen and oxygen atoms in total. The number of aliphatic hydroxyl groups excluding tert-OH is 1. The van der Waals surface area contributed by atoms with Crippen LogP contribution in [0.4, 0.5) is 0 Å². The molecule has 0 aromatic carbocycles. The van der Waals surface area contributed by atoms with Gasteiger partial charge in [-0.05, 0) is 13.3 Å². The highest BCUT2D eigenvalue weighted by Gasteiger charge is 2.25. The lowest BCUT2D eigenvalue weighted by Gasteiger charge is -2.14. The highest BCUT2D eigenvalue weighted by Crippen LogP contribution is 2.19. The average molecular weight is 215 g/mol. The maximum Gasteiger partial charge on any atom is 0.311 e. The number of carbonyl (C=O) groups is 1. The quantitative estimate of drug-likeness (QED) is 0.556. The van der Waals surface area contributed by atoms with E-state index in [0.29, 0.717) is 6.61 Å². The monoisotopic (exact) mass is 214 g/mol. The topological polar surface area (TPSA) is 46.5 Å². The summed E-state index contributed by atoms with van der Waals surface area (Å²) in [7, 11) is 0. The zero-order valence-electron chi connectivity index (χ0n) is 6.80. The third kappa shape index (κ3) is 4.14. The van der Waals surface area contributed by atoms with E-state index in [1.54, 1.807) is 6.92 Å². The van der Waals surface area contributed by atoms with Crippen LogP contribution < -0.4 is 0 Å². The Balaban J connectivity index is 4.00. The van der Waals surface area contributed by atoms with Gasteiger partial charge in [0, 0.05) is 6.61 Å². The second-order valence-electron chi connectivity index (χ2n) is 2.21. The first-order valence-electron chi connectivity index (χ1n) is 3.69. The lowest BCUT2D eigenvalue weighted by molar-refractivity contribution is -0.148. The summed E-state index contributed by atoms with van der Waals surface area (Å²) in [6.07, 6.45) is 0.233. The number of hydrogen-bond donors (Lipinski definition) is 1. The molecular weight excluding hydrogens is 203 g/mol. The Kier molecular flexibility index (Phi) is 6.52. The molecule has 0 amide bonds. The molecule has 0 aliphatic carbocycles. The molecule has 0 bridgehead atoms. The molecule has 0 aromatic heterocycles. The van der Waals surface area contributed by atoms with Crippen LogP contribution in [0.1, 0.15) is 13.3 Å². The fourth-order valence-electron chi connectivity index (χ4n) is 0.735. The number of alkyl halides is 2. The number of halogens is 2. The molecule has 0 fully saturated rings. The zero-order valence-corrected chi connectivity index (χ0v) is 8.31. The van der Waals surface area contributed by atoms with E-state index < -0.39 is 16.7 Å². The van der Waals surface area contributed by atoms with Gasteiger partial charge in [-0.3, -0.25) is 4.79 Å². The fraction of sp³-hybridized carbons (Fsp3) is 0.857. The van der Waals surface area contributed by atoms with Gasteiger partial charge in [0.25, 0.3) is 0 Å². The summed E-state index contributed by atoms with van der Waals surface area (Å²) >= 11 is 11.0. The molecule has 0 radical (unpaired) electrons. The molecule has 0 aliphatic rings. The van der Waals surface area contributed by atoms with Gasteiger partial charge in [0.05, 0.1) is 12.5 Å². The van der Waals surface area contributed by atoms with Crippen LogP contribution in [0.2, 0.25) is 0 Å². The van der Waals surface area contributed by atoms with Gasteiger partial charge >= 0.3 is 5.97 Å². The van der Waals surface area contributed by atoms with Crippen molar-refractivity contribution in [2.45, 2.75) is 18.2 Å². The lowest BCUT2D eigenvalue weighted by atomic mass is 10.1. The second-order valence-corrected chi connectivity index (χ2v) is 3.37. The summed E-state index contributed by atoms with van der Waals surface area (Å²) in [5, 5.41) is 8.58. The number of esters is 1. The minimum Gasteiger partial charge on any atom is -0.466 e. The number of hydrogen-bond acceptors (Lipinski definition) is 3. The molecule has 0 spiro atoms. The van der Waals surface area contributed by atoms with E-state index in [4.69, 9.17) is 33.0 Å². The number of aliphatic hydroxyl groups is 1. The first-order valence-corrected chi connectivity index (χ1v) is 4.56. The molecule has 0 saturated heterocycles. The van der Waals surface area contributed by atoms with Crippen LogP contribution in [-0.2, 0) is 9.53 Å². The molecule has 0 saturated carbocycles. The fourth-order valence-corrected chi connectivity index (χ4v) is 1.19. The Hall–Kier alpha value is 0.01000. The van der Waals surface area contributed by atoms with Crippen molar-refractivity contribution in [2.24, 2.45) is 5.92 Å². The highest BCUT2D eigenvalue weighted by molar-refractivity contribution is 6.45. The van der Waals surface area contributed by atoms with Gasteiger partial charge < -0.3 is 9.84 Å². The van der Waals surface area contributed by atoms with Gasteiger partial charge in [0.1, 0.15) is 4.84 Å². The summed E-state index contributed by atoms with van der Waals surface area (Å²) in [4.78, 5) is 10.2. The van der Waals surface area contributed by atoms with Crippen LogP contribution in [0, 0.1) is 5.92 Å². The van der Waals surface area contributed by atoms with E-state index in [1.807, 2.05) is 0 Å². The van der Waals surface area contributed by atoms with Crippen molar-refractivity contribution in [2.75, 3.05) is 13.2 Å². The highest BCUT2D eigenvalue weighted by atomic mass is 35.5. The largest absolute Gasteiger partial charge is 0.466 e. The Labute approximate surface area is 81.6 Å². The Morgan fingerprint density at radius 3 is 2.50 bits per heavy atom. The van der Waals surface area contributed by atoms with Crippen LogP contribution in [-0.4, -0.2) is 29.1 Å². The van der Waals surface area contributed by atoms with E-state index in [1.165, 1.54) is 0 Å². The Bertz CT molecular complexity index is 139. The van der Waals surface area contributed by atoms with Gasteiger partial charge in [-0.25, -0.2) is 0 Å². The van der Waals surface area contributed by atoms with Crippen molar-refractivity contribution < 1.29 is 14.6 Å². The minimum absolute atomic E-state index is 0.126. The van der Waals surface area contributed by atoms with Crippen LogP contribution in [0.15, 0.2) is 0 Å². The van der Waals surface area contributed by atoms with E-state index >= 15 is 0 Å². The van der Waals surface area contributed by atoms with Crippen molar-refractivity contribution in [1.82, 2.24) is 0 Å². The van der Waals surface area contributed by atoms with Gasteiger partial charge in [-0.1, -0.05) is 0 Å². The normalized spacial score (nSPS) is 13.1. The van der Waals surface area contributed by atoms with E-state index in [9.17, 15) is 4.79 Å². The van der Waals surface area contributed by atoms with Crippen molar-refractivity contribution >= 4 is 29.2 Å². The Morgan fingerprint density at radius 1 is 1.58 bits per heavy atom. The lowest BCUT2D eigenvalue weighted by Crippen LogP contribution is -2.24. The Morgan fingerprint density at radius 2 is 2.17 bits per heavy atom. The molecule has 1 atom stereocenters. The molecule has 0 rings (SSSR count). The maximum absolute atomic E-state index is 11.1. The van der Waals surface area contributed by atoms with Crippen molar-refractivity contribution in [3.8, 4) is 0 Å². The van der Waals surface area contributed by atoms with Crippen LogP contribution >= 0.6 is 23.2 Å². The third-order valence-electron chi connectivity index (χ3n) is 1.33. The summed E-state index contributed by atoms with van der Waals surface area (Å²) < 4.78 is 4.70. The predicted molar refractivity (Wildman–Crippen MR) is 47.3 cm³/mol. The maximum atomic E-state index is 11.1. The summed E-state index contributed by atoms with van der Waals surface area (Å²) in [5.41, 5.74) is 0. The first-order chi connectivity index (χ1) is 5.63. The first kappa shape index (κ1) is 12.0. The molecule has 0 heterocycles. The summed E-state index contributed by atoms with van der Waals surface area (Å²) in [6, 6.07) is 0. The average Bonchev–Trinajstić information content (AvgIpc) is 1.99. The number of rotatable bonds is 5. The van der Waals surface area contributed by atoms with E-state index in [0.717, 1.165) is 0 Å². The molecule has 12 heavy (non-hydrogen) atoms. The minimum atomic E-state index is -0.823. The number of carbonyl (C=O) groups excluding carboxylic acids is 1. The van der Waals surface area contributed by atoms with Gasteiger partial charge in [-0.15, -0.1) is 23.2 Å². The van der Waals surface area contributed by atoms with Gasteiger partial charge in [0.2, 0.25) is 0 Å². The van der Waals surface area contributed by atoms with Gasteiger partial charge in [-0.2, -0.15) is 0 Å². The van der Waals surface area contributed by atoms with E-state index in [-0.39, 0.29) is 13.0 Å². The summed E-state index contributed by atoms with van der Waals surface area (Å²) in [5.74, 6) is -1.08. The number of ether oxygens (including phenoxy) is 1.